The lowest BCUT2D eigenvalue weighted by molar-refractivity contribution is 0.273. The van der Waals surface area contributed by atoms with Gasteiger partial charge in [-0.15, -0.1) is 0 Å². The smallest absolute Gasteiger partial charge is 0.316 e. The zero-order chi connectivity index (χ0) is 9.94. The molecule has 0 heterocycles. The number of azide groups is 1. The Hall–Kier alpha value is -0.540. The second kappa shape index (κ2) is 9.55. The minimum atomic E-state index is -2.75. The summed E-state index contributed by atoms with van der Waals surface area (Å²) in [5.74, 6) is 0. The van der Waals surface area contributed by atoms with Crippen molar-refractivity contribution in [3.8, 4) is 0 Å². The molecule has 0 saturated carbocycles. The molecule has 0 saturated heterocycles. The van der Waals surface area contributed by atoms with Gasteiger partial charge in [-0.2, -0.15) is 0 Å². The standard InChI is InChI=1S/C6H14N3O3P/c7-9-8-5-3-1-2-4-6-12-13(10)11/h13H,1-6H2,(H,10,11). The summed E-state index contributed by atoms with van der Waals surface area (Å²) in [6.45, 7) is 0.851. The third-order valence-corrected chi connectivity index (χ3v) is 1.89. The Morgan fingerprint density at radius 3 is 2.69 bits per heavy atom. The molecule has 76 valence electrons. The van der Waals surface area contributed by atoms with Crippen LogP contribution in [0.25, 0.3) is 10.4 Å². The van der Waals surface area contributed by atoms with E-state index in [1.807, 2.05) is 0 Å². The van der Waals surface area contributed by atoms with Crippen LogP contribution in [0.1, 0.15) is 25.7 Å². The summed E-state index contributed by atoms with van der Waals surface area (Å²) in [7, 11) is -2.75. The fourth-order valence-electron chi connectivity index (χ4n) is 0.842. The van der Waals surface area contributed by atoms with Crippen molar-refractivity contribution in [2.75, 3.05) is 13.2 Å². The molecule has 0 aliphatic heterocycles. The van der Waals surface area contributed by atoms with E-state index in [1.54, 1.807) is 0 Å². The van der Waals surface area contributed by atoms with Crippen LogP contribution in [-0.4, -0.2) is 18.0 Å². The van der Waals surface area contributed by atoms with Gasteiger partial charge in [-0.25, -0.2) is 0 Å². The molecule has 0 amide bonds. The highest BCUT2D eigenvalue weighted by molar-refractivity contribution is 7.32. The molecule has 7 heteroatoms. The average Bonchev–Trinajstić information content (AvgIpc) is 2.09. The van der Waals surface area contributed by atoms with E-state index in [2.05, 4.69) is 14.5 Å². The first-order chi connectivity index (χ1) is 6.27. The van der Waals surface area contributed by atoms with Crippen molar-refractivity contribution in [3.63, 3.8) is 0 Å². The fraction of sp³-hybridized carbons (Fsp3) is 1.00. The van der Waals surface area contributed by atoms with Crippen molar-refractivity contribution in [1.82, 2.24) is 0 Å². The Bertz CT molecular complexity index is 188. The summed E-state index contributed by atoms with van der Waals surface area (Å²) >= 11 is 0. The highest BCUT2D eigenvalue weighted by atomic mass is 31.1. The number of rotatable bonds is 8. The molecule has 0 rings (SSSR count). The Kier molecular flexibility index (Phi) is 9.15. The van der Waals surface area contributed by atoms with Gasteiger partial charge < -0.3 is 9.42 Å². The maximum absolute atomic E-state index is 10.1. The summed E-state index contributed by atoms with van der Waals surface area (Å²) in [5.41, 5.74) is 7.95. The number of hydrogen-bond donors (Lipinski definition) is 1. The van der Waals surface area contributed by atoms with Gasteiger partial charge in [0.15, 0.2) is 0 Å². The van der Waals surface area contributed by atoms with Gasteiger partial charge in [0.25, 0.3) is 0 Å². The monoisotopic (exact) mass is 207 g/mol. The SMILES string of the molecule is [N-]=[N+]=NCCCCCCO[PH](=O)O. The van der Waals surface area contributed by atoms with Gasteiger partial charge in [0.1, 0.15) is 0 Å². The van der Waals surface area contributed by atoms with E-state index in [1.165, 1.54) is 0 Å². The van der Waals surface area contributed by atoms with Crippen molar-refractivity contribution >= 4 is 8.25 Å². The van der Waals surface area contributed by atoms with Crippen LogP contribution in [-0.2, 0) is 9.09 Å². The van der Waals surface area contributed by atoms with Gasteiger partial charge in [-0.3, -0.25) is 4.57 Å². The van der Waals surface area contributed by atoms with Crippen molar-refractivity contribution < 1.29 is 14.0 Å². The van der Waals surface area contributed by atoms with E-state index < -0.39 is 8.25 Å². The third-order valence-electron chi connectivity index (χ3n) is 1.44. The Morgan fingerprint density at radius 2 is 2.08 bits per heavy atom. The molecule has 1 N–H and O–H groups in total. The first-order valence-corrected chi connectivity index (χ1v) is 5.40. The highest BCUT2D eigenvalue weighted by Crippen LogP contribution is 2.15. The van der Waals surface area contributed by atoms with E-state index >= 15 is 0 Å². The quantitative estimate of drug-likeness (QED) is 0.217. The van der Waals surface area contributed by atoms with Crippen LogP contribution in [0.2, 0.25) is 0 Å². The topological polar surface area (TPSA) is 95.3 Å². The van der Waals surface area contributed by atoms with Gasteiger partial charge in [0, 0.05) is 11.5 Å². The van der Waals surface area contributed by atoms with Gasteiger partial charge >= 0.3 is 8.25 Å². The van der Waals surface area contributed by atoms with E-state index in [9.17, 15) is 4.57 Å². The second-order valence-electron chi connectivity index (χ2n) is 2.48. The van der Waals surface area contributed by atoms with E-state index in [0.717, 1.165) is 25.7 Å². The summed E-state index contributed by atoms with van der Waals surface area (Å²) in [4.78, 5) is 10.9. The third kappa shape index (κ3) is 11.5. The van der Waals surface area contributed by atoms with E-state index in [-0.39, 0.29) is 0 Å². The van der Waals surface area contributed by atoms with Crippen molar-refractivity contribution in [3.05, 3.63) is 10.4 Å². The Balaban J connectivity index is 2.99. The lowest BCUT2D eigenvalue weighted by atomic mass is 10.2. The summed E-state index contributed by atoms with van der Waals surface area (Å²) < 4.78 is 14.6. The van der Waals surface area contributed by atoms with Crippen LogP contribution in [0.5, 0.6) is 0 Å². The van der Waals surface area contributed by atoms with Crippen molar-refractivity contribution in [2.45, 2.75) is 25.7 Å². The first-order valence-electron chi connectivity index (χ1n) is 4.14. The zero-order valence-corrected chi connectivity index (χ0v) is 8.35. The largest absolute Gasteiger partial charge is 0.326 e. The molecular weight excluding hydrogens is 193 g/mol. The predicted molar refractivity (Wildman–Crippen MR) is 49.7 cm³/mol. The van der Waals surface area contributed by atoms with E-state index in [4.69, 9.17) is 10.4 Å². The summed E-state index contributed by atoms with van der Waals surface area (Å²) in [6.07, 6.45) is 3.51. The minimum absolute atomic E-state index is 0.329. The summed E-state index contributed by atoms with van der Waals surface area (Å²) in [5, 5.41) is 3.38. The molecule has 1 unspecified atom stereocenters. The lowest BCUT2D eigenvalue weighted by Gasteiger charge is -1.99. The molecule has 1 atom stereocenters. The highest BCUT2D eigenvalue weighted by Gasteiger charge is 1.92. The number of hydrogen-bond acceptors (Lipinski definition) is 3. The van der Waals surface area contributed by atoms with Gasteiger partial charge in [0.2, 0.25) is 0 Å². The predicted octanol–water partition coefficient (Wildman–Crippen LogP) is 2.26. The van der Waals surface area contributed by atoms with Gasteiger partial charge in [-0.05, 0) is 18.4 Å². The molecular formula is C6H14N3O3P. The molecule has 0 aromatic rings. The van der Waals surface area contributed by atoms with Crippen LogP contribution in [0.15, 0.2) is 5.11 Å². The minimum Gasteiger partial charge on any atom is -0.326 e. The van der Waals surface area contributed by atoms with Crippen LogP contribution in [0.4, 0.5) is 0 Å². The number of unbranched alkanes of at least 4 members (excludes halogenated alkanes) is 3. The zero-order valence-electron chi connectivity index (χ0n) is 7.35. The van der Waals surface area contributed by atoms with Crippen LogP contribution >= 0.6 is 8.25 Å². The molecule has 0 aromatic heterocycles. The second-order valence-corrected chi connectivity index (χ2v) is 3.30. The first kappa shape index (κ1) is 12.5. The summed E-state index contributed by atoms with van der Waals surface area (Å²) in [6, 6.07) is 0. The van der Waals surface area contributed by atoms with Crippen molar-refractivity contribution in [1.29, 1.82) is 0 Å². The molecule has 13 heavy (non-hydrogen) atoms. The fourth-order valence-corrected chi connectivity index (χ4v) is 1.16. The van der Waals surface area contributed by atoms with Crippen molar-refractivity contribution in [2.24, 2.45) is 5.11 Å². The average molecular weight is 207 g/mol. The maximum Gasteiger partial charge on any atom is 0.316 e. The van der Waals surface area contributed by atoms with Gasteiger partial charge in [0.05, 0.1) is 6.61 Å². The molecule has 0 aliphatic rings. The Morgan fingerprint density at radius 1 is 1.38 bits per heavy atom. The molecule has 0 aromatic carbocycles. The van der Waals surface area contributed by atoms with Gasteiger partial charge in [-0.1, -0.05) is 18.0 Å². The molecule has 0 fully saturated rings. The Labute approximate surface area is 77.5 Å². The lowest BCUT2D eigenvalue weighted by Crippen LogP contribution is -1.87. The normalized spacial score (nSPS) is 12.1. The molecule has 0 aliphatic carbocycles. The van der Waals surface area contributed by atoms with Crippen LogP contribution < -0.4 is 0 Å². The molecule has 0 radical (unpaired) electrons. The van der Waals surface area contributed by atoms with Crippen LogP contribution in [0.3, 0.4) is 0 Å². The maximum atomic E-state index is 10.1. The molecule has 0 spiro atoms. The van der Waals surface area contributed by atoms with E-state index in [0.29, 0.717) is 13.2 Å². The molecule has 0 bridgehead atoms. The molecule has 6 nitrogen and oxygen atoms in total. The van der Waals surface area contributed by atoms with Crippen LogP contribution in [0, 0.1) is 0 Å². The number of nitrogens with zero attached hydrogens (tertiary/aromatic N) is 3.